The zero-order valence-corrected chi connectivity index (χ0v) is 11.8. The summed E-state index contributed by atoms with van der Waals surface area (Å²) in [6, 6.07) is 9.91. The number of rotatable bonds is 2. The van der Waals surface area contributed by atoms with E-state index in [4.69, 9.17) is 0 Å². The Kier molecular flexibility index (Phi) is 3.16. The summed E-state index contributed by atoms with van der Waals surface area (Å²) >= 11 is 4.94. The third-order valence-corrected chi connectivity index (χ3v) is 4.60. The second-order valence-corrected chi connectivity index (χ2v) is 5.88. The summed E-state index contributed by atoms with van der Waals surface area (Å²) in [5.74, 6) is 0. The maximum atomic E-state index is 10.5. The van der Waals surface area contributed by atoms with E-state index in [2.05, 4.69) is 20.9 Å². The van der Waals surface area contributed by atoms with Gasteiger partial charge < -0.3 is 5.11 Å². The van der Waals surface area contributed by atoms with E-state index in [9.17, 15) is 5.11 Å². The van der Waals surface area contributed by atoms with Crippen molar-refractivity contribution in [3.63, 3.8) is 0 Å². The van der Waals surface area contributed by atoms with Gasteiger partial charge in [-0.1, -0.05) is 24.3 Å². The van der Waals surface area contributed by atoms with Crippen molar-refractivity contribution in [3.8, 4) is 0 Å². The highest BCUT2D eigenvalue weighted by molar-refractivity contribution is 9.10. The third-order valence-electron chi connectivity index (χ3n) is 2.85. The normalized spacial score (nSPS) is 12.8. The van der Waals surface area contributed by atoms with Gasteiger partial charge in [0.1, 0.15) is 6.10 Å². The van der Waals surface area contributed by atoms with E-state index in [0.717, 1.165) is 25.7 Å². The maximum Gasteiger partial charge on any atom is 0.115 e. The molecule has 1 N–H and O–H groups in total. The van der Waals surface area contributed by atoms with Crippen LogP contribution in [0.4, 0.5) is 0 Å². The van der Waals surface area contributed by atoms with Gasteiger partial charge in [0.15, 0.2) is 0 Å². The molecular weight excluding hydrogens is 310 g/mol. The third kappa shape index (κ3) is 2.07. The molecule has 3 rings (SSSR count). The second-order valence-electron chi connectivity index (χ2n) is 4.02. The van der Waals surface area contributed by atoms with Crippen LogP contribution >= 0.6 is 27.3 Å². The van der Waals surface area contributed by atoms with E-state index >= 15 is 0 Å². The number of hydrogen-bond acceptors (Lipinski definition) is 3. The van der Waals surface area contributed by atoms with Crippen LogP contribution in [-0.2, 0) is 0 Å². The molecule has 0 spiro atoms. The first-order valence-corrected chi connectivity index (χ1v) is 7.17. The molecule has 0 saturated heterocycles. The zero-order valence-electron chi connectivity index (χ0n) is 9.38. The minimum Gasteiger partial charge on any atom is -0.383 e. The summed E-state index contributed by atoms with van der Waals surface area (Å²) in [6.07, 6.45) is 2.93. The van der Waals surface area contributed by atoms with Gasteiger partial charge >= 0.3 is 0 Å². The number of pyridine rings is 1. The Morgan fingerprint density at radius 3 is 2.83 bits per heavy atom. The lowest BCUT2D eigenvalue weighted by Crippen LogP contribution is -1.99. The molecule has 0 fully saturated rings. The minimum absolute atomic E-state index is 0.625. The van der Waals surface area contributed by atoms with Crippen LogP contribution in [0, 0.1) is 0 Å². The summed E-state index contributed by atoms with van der Waals surface area (Å²) in [6.45, 7) is 0. The lowest BCUT2D eigenvalue weighted by molar-refractivity contribution is 0.225. The maximum absolute atomic E-state index is 10.5. The molecular formula is C14H10BrNOS. The monoisotopic (exact) mass is 319 g/mol. The first kappa shape index (κ1) is 11.8. The quantitative estimate of drug-likeness (QED) is 0.770. The Morgan fingerprint density at radius 1 is 1.22 bits per heavy atom. The summed E-state index contributed by atoms with van der Waals surface area (Å²) in [5, 5.41) is 14.5. The minimum atomic E-state index is -0.625. The predicted molar refractivity (Wildman–Crippen MR) is 77.8 cm³/mol. The number of aromatic nitrogens is 1. The highest BCUT2D eigenvalue weighted by Gasteiger charge is 2.15. The second kappa shape index (κ2) is 4.80. The topological polar surface area (TPSA) is 33.1 Å². The van der Waals surface area contributed by atoms with Crippen molar-refractivity contribution in [2.24, 2.45) is 0 Å². The molecule has 0 saturated carbocycles. The van der Waals surface area contributed by atoms with Gasteiger partial charge in [-0.3, -0.25) is 4.98 Å². The van der Waals surface area contributed by atoms with Crippen LogP contribution in [0.5, 0.6) is 0 Å². The fourth-order valence-electron chi connectivity index (χ4n) is 1.98. The molecule has 3 aromatic rings. The molecule has 0 aliphatic rings. The molecule has 1 unspecified atom stereocenters. The molecule has 1 atom stereocenters. The van der Waals surface area contributed by atoms with Gasteiger partial charge in [0, 0.05) is 38.1 Å². The molecule has 2 nitrogen and oxygen atoms in total. The fourth-order valence-corrected chi connectivity index (χ4v) is 3.43. The van der Waals surface area contributed by atoms with E-state index in [1.807, 2.05) is 41.9 Å². The molecule has 0 amide bonds. The fraction of sp³-hybridized carbons (Fsp3) is 0.0714. The summed E-state index contributed by atoms with van der Waals surface area (Å²) in [5.41, 5.74) is 0.849. The average molecular weight is 320 g/mol. The number of benzene rings is 1. The van der Waals surface area contributed by atoms with E-state index in [1.165, 1.54) is 11.3 Å². The van der Waals surface area contributed by atoms with Crippen LogP contribution < -0.4 is 0 Å². The van der Waals surface area contributed by atoms with Gasteiger partial charge in [0.25, 0.3) is 0 Å². The Labute approximate surface area is 117 Å². The van der Waals surface area contributed by atoms with E-state index in [1.54, 1.807) is 6.20 Å². The van der Waals surface area contributed by atoms with Crippen LogP contribution in [0.2, 0.25) is 0 Å². The number of fused-ring (bicyclic) bond motifs is 1. The molecule has 2 heterocycles. The van der Waals surface area contributed by atoms with E-state index in [0.29, 0.717) is 0 Å². The largest absolute Gasteiger partial charge is 0.383 e. The van der Waals surface area contributed by atoms with Crippen molar-refractivity contribution in [3.05, 3.63) is 63.0 Å². The van der Waals surface area contributed by atoms with Gasteiger partial charge in [0.2, 0.25) is 0 Å². The van der Waals surface area contributed by atoms with Crippen molar-refractivity contribution in [1.82, 2.24) is 4.98 Å². The Morgan fingerprint density at radius 2 is 2.06 bits per heavy atom. The van der Waals surface area contributed by atoms with E-state index < -0.39 is 6.10 Å². The molecule has 0 bridgehead atoms. The molecule has 0 aliphatic heterocycles. The van der Waals surface area contributed by atoms with Crippen LogP contribution in [0.15, 0.2) is 52.6 Å². The smallest absolute Gasteiger partial charge is 0.115 e. The average Bonchev–Trinajstić information content (AvgIpc) is 2.84. The Balaban J connectivity index is 2.14. The predicted octanol–water partition coefficient (Wildman–Crippen LogP) is 4.14. The molecule has 18 heavy (non-hydrogen) atoms. The number of thiophene rings is 1. The summed E-state index contributed by atoms with van der Waals surface area (Å²) in [4.78, 5) is 5.12. The lowest BCUT2D eigenvalue weighted by Gasteiger charge is -2.11. The number of aliphatic hydroxyl groups is 1. The Bertz CT molecular complexity index is 690. The van der Waals surface area contributed by atoms with Crippen molar-refractivity contribution in [2.75, 3.05) is 0 Å². The Hall–Kier alpha value is -1.23. The first-order chi connectivity index (χ1) is 8.75. The molecule has 0 aliphatic carbocycles. The SMILES string of the molecule is OC(c1cc(Br)cs1)c1cncc2ccccc12. The molecule has 0 radical (unpaired) electrons. The lowest BCUT2D eigenvalue weighted by atomic mass is 10.0. The summed E-state index contributed by atoms with van der Waals surface area (Å²) < 4.78 is 0.995. The van der Waals surface area contributed by atoms with Crippen LogP contribution in [0.1, 0.15) is 16.5 Å². The number of halogens is 1. The van der Waals surface area contributed by atoms with Crippen LogP contribution in [0.3, 0.4) is 0 Å². The van der Waals surface area contributed by atoms with Crippen molar-refractivity contribution < 1.29 is 5.11 Å². The van der Waals surface area contributed by atoms with Crippen molar-refractivity contribution in [1.29, 1.82) is 0 Å². The van der Waals surface area contributed by atoms with Gasteiger partial charge in [0.05, 0.1) is 0 Å². The van der Waals surface area contributed by atoms with Crippen molar-refractivity contribution >= 4 is 38.0 Å². The number of aliphatic hydroxyl groups excluding tert-OH is 1. The highest BCUT2D eigenvalue weighted by Crippen LogP contribution is 2.32. The van der Waals surface area contributed by atoms with Crippen molar-refractivity contribution in [2.45, 2.75) is 6.10 Å². The zero-order chi connectivity index (χ0) is 12.5. The molecule has 90 valence electrons. The number of hydrogen-bond donors (Lipinski definition) is 1. The standard InChI is InChI=1S/C14H10BrNOS/c15-10-5-13(18-8-10)14(17)12-7-16-6-9-3-1-2-4-11(9)12/h1-8,14,17H. The highest BCUT2D eigenvalue weighted by atomic mass is 79.9. The van der Waals surface area contributed by atoms with Gasteiger partial charge in [-0.2, -0.15) is 0 Å². The van der Waals surface area contributed by atoms with E-state index in [-0.39, 0.29) is 0 Å². The molecule has 4 heteroatoms. The number of nitrogens with zero attached hydrogens (tertiary/aromatic N) is 1. The molecule has 1 aromatic carbocycles. The first-order valence-electron chi connectivity index (χ1n) is 5.50. The summed E-state index contributed by atoms with van der Waals surface area (Å²) in [7, 11) is 0. The van der Waals surface area contributed by atoms with Gasteiger partial charge in [-0.15, -0.1) is 11.3 Å². The van der Waals surface area contributed by atoms with Crippen LogP contribution in [-0.4, -0.2) is 10.1 Å². The van der Waals surface area contributed by atoms with Gasteiger partial charge in [-0.25, -0.2) is 0 Å². The molecule has 2 aromatic heterocycles. The van der Waals surface area contributed by atoms with Gasteiger partial charge in [-0.05, 0) is 27.4 Å². The van der Waals surface area contributed by atoms with Crippen LogP contribution in [0.25, 0.3) is 10.8 Å².